The van der Waals surface area contributed by atoms with Gasteiger partial charge >= 0.3 is 6.09 Å². The molecule has 3 N–H and O–H groups in total. The molecule has 0 unspecified atom stereocenters. The zero-order valence-electron chi connectivity index (χ0n) is 23.6. The molecule has 1 saturated heterocycles. The van der Waals surface area contributed by atoms with E-state index in [1.54, 1.807) is 18.9 Å². The molecule has 2 aliphatic rings. The van der Waals surface area contributed by atoms with Crippen LogP contribution in [0.4, 0.5) is 4.79 Å². The number of ether oxygens (including phenoxy) is 1. The Hall–Kier alpha value is -2.65. The number of amides is 3. The number of hydrogen-bond acceptors (Lipinski definition) is 6. The van der Waals surface area contributed by atoms with Crippen molar-refractivity contribution in [1.82, 2.24) is 25.8 Å². The van der Waals surface area contributed by atoms with Crippen LogP contribution in [0, 0.1) is 11.8 Å². The van der Waals surface area contributed by atoms with Crippen molar-refractivity contribution in [3.05, 3.63) is 35.9 Å². The Balaban J connectivity index is 1.69. The number of rotatable bonds is 10. The zero-order chi connectivity index (χ0) is 27.5. The largest absolute Gasteiger partial charge is 0.424 e. The monoisotopic (exact) mass is 529 g/mol. The van der Waals surface area contributed by atoms with Gasteiger partial charge in [0.05, 0.1) is 12.6 Å². The van der Waals surface area contributed by atoms with Gasteiger partial charge in [-0.25, -0.2) is 4.79 Å². The Kier molecular flexibility index (Phi) is 11.9. The van der Waals surface area contributed by atoms with Gasteiger partial charge in [0.25, 0.3) is 0 Å². The molecule has 1 aliphatic carbocycles. The van der Waals surface area contributed by atoms with Crippen LogP contribution in [0.3, 0.4) is 0 Å². The summed E-state index contributed by atoms with van der Waals surface area (Å²) < 4.78 is 5.91. The summed E-state index contributed by atoms with van der Waals surface area (Å²) in [7, 11) is 1.71. The van der Waals surface area contributed by atoms with Gasteiger partial charge in [-0.2, -0.15) is 0 Å². The summed E-state index contributed by atoms with van der Waals surface area (Å²) in [5, 5.41) is 8.78. The van der Waals surface area contributed by atoms with Crippen molar-refractivity contribution in [3.8, 4) is 0 Å². The number of alkyl carbamates (subject to hydrolysis) is 1. The number of benzene rings is 1. The predicted molar refractivity (Wildman–Crippen MR) is 148 cm³/mol. The Labute approximate surface area is 228 Å². The minimum Gasteiger partial charge on any atom is -0.424 e. The molecule has 1 aromatic rings. The Bertz CT molecular complexity index is 888. The second kappa shape index (κ2) is 15.1. The lowest BCUT2D eigenvalue weighted by Crippen LogP contribution is -2.62. The van der Waals surface area contributed by atoms with Gasteiger partial charge in [-0.15, -0.1) is 0 Å². The second-order valence-corrected chi connectivity index (χ2v) is 11.1. The van der Waals surface area contributed by atoms with Crippen molar-refractivity contribution in [2.24, 2.45) is 11.8 Å². The van der Waals surface area contributed by atoms with Crippen LogP contribution >= 0.6 is 0 Å². The van der Waals surface area contributed by atoms with E-state index in [9.17, 15) is 14.4 Å². The van der Waals surface area contributed by atoms with Crippen molar-refractivity contribution in [1.29, 1.82) is 0 Å². The summed E-state index contributed by atoms with van der Waals surface area (Å²) in [6, 6.07) is 9.01. The number of nitrogens with one attached hydrogen (secondary N) is 3. The van der Waals surface area contributed by atoms with Crippen LogP contribution in [0.1, 0.15) is 64.9 Å². The van der Waals surface area contributed by atoms with E-state index in [0.29, 0.717) is 38.6 Å². The molecular weight excluding hydrogens is 482 g/mol. The molecule has 3 atom stereocenters. The minimum absolute atomic E-state index is 0.123. The topological polar surface area (TPSA) is 103 Å². The van der Waals surface area contributed by atoms with Crippen molar-refractivity contribution >= 4 is 17.9 Å². The minimum atomic E-state index is -0.742. The first kappa shape index (κ1) is 29.9. The van der Waals surface area contributed by atoms with Crippen molar-refractivity contribution in [2.75, 3.05) is 33.2 Å². The second-order valence-electron chi connectivity index (χ2n) is 11.1. The molecule has 0 bridgehead atoms. The molecule has 1 aliphatic heterocycles. The highest BCUT2D eigenvalue weighted by Crippen LogP contribution is 2.22. The van der Waals surface area contributed by atoms with E-state index in [2.05, 4.69) is 33.0 Å². The third-order valence-corrected chi connectivity index (χ3v) is 7.76. The number of carbonyl (C=O) groups excluding carboxylic acids is 3. The van der Waals surface area contributed by atoms with Crippen LogP contribution < -0.4 is 16.0 Å². The summed E-state index contributed by atoms with van der Waals surface area (Å²) in [5.41, 5.74) is 1.16. The van der Waals surface area contributed by atoms with E-state index in [4.69, 9.17) is 4.74 Å². The molecule has 1 saturated carbocycles. The van der Waals surface area contributed by atoms with Gasteiger partial charge in [0.1, 0.15) is 6.04 Å². The molecule has 0 aromatic heterocycles. The van der Waals surface area contributed by atoms with E-state index in [1.807, 2.05) is 32.0 Å². The lowest BCUT2D eigenvalue weighted by atomic mass is 10.0. The quantitative estimate of drug-likeness (QED) is 0.403. The summed E-state index contributed by atoms with van der Waals surface area (Å²) in [6.45, 7) is 8.34. The lowest BCUT2D eigenvalue weighted by Gasteiger charge is -2.42. The number of piperazine rings is 1. The Morgan fingerprint density at radius 1 is 1.00 bits per heavy atom. The van der Waals surface area contributed by atoms with Crippen molar-refractivity contribution in [3.63, 3.8) is 0 Å². The van der Waals surface area contributed by atoms with Gasteiger partial charge in [0.15, 0.2) is 6.23 Å². The molecule has 0 radical (unpaired) electrons. The van der Waals surface area contributed by atoms with E-state index in [1.165, 1.54) is 25.7 Å². The zero-order valence-corrected chi connectivity index (χ0v) is 23.6. The first-order valence-electron chi connectivity index (χ1n) is 14.3. The number of hydrogen-bond donors (Lipinski definition) is 3. The Morgan fingerprint density at radius 3 is 2.32 bits per heavy atom. The molecular formula is C29H47N5O4. The molecule has 0 spiro atoms. The fraction of sp³-hybridized carbons (Fsp3) is 0.690. The summed E-state index contributed by atoms with van der Waals surface area (Å²) >= 11 is 0. The summed E-state index contributed by atoms with van der Waals surface area (Å²) in [6.07, 6.45) is 5.95. The van der Waals surface area contributed by atoms with Crippen LogP contribution in [0.2, 0.25) is 0 Å². The number of likely N-dealkylation sites (N-methyl/N-ethyl adjacent to an activating group) is 1. The highest BCUT2D eigenvalue weighted by Gasteiger charge is 2.38. The smallest absolute Gasteiger partial charge is 0.409 e. The SMILES string of the molecule is CN[C@@H](C)C(=O)N[C@H](C(=O)N1CCN(Cc2ccccc2)C[C@@H]1OC(=O)NCC1CCCCCC1)C(C)C. The molecule has 212 valence electrons. The van der Waals surface area contributed by atoms with Crippen molar-refractivity contribution in [2.45, 2.75) is 84.2 Å². The van der Waals surface area contributed by atoms with Gasteiger partial charge in [0.2, 0.25) is 11.8 Å². The lowest BCUT2D eigenvalue weighted by molar-refractivity contribution is -0.153. The highest BCUT2D eigenvalue weighted by molar-refractivity contribution is 5.90. The maximum Gasteiger partial charge on any atom is 0.409 e. The third-order valence-electron chi connectivity index (χ3n) is 7.76. The van der Waals surface area contributed by atoms with Gasteiger partial charge in [0, 0.05) is 26.2 Å². The summed E-state index contributed by atoms with van der Waals surface area (Å²) in [5.74, 6) is -0.112. The van der Waals surface area contributed by atoms with E-state index in [-0.39, 0.29) is 17.7 Å². The van der Waals surface area contributed by atoms with Crippen LogP contribution in [-0.4, -0.2) is 79.2 Å². The van der Waals surface area contributed by atoms with Gasteiger partial charge < -0.3 is 25.6 Å². The van der Waals surface area contributed by atoms with Crippen LogP contribution in [0.15, 0.2) is 30.3 Å². The van der Waals surface area contributed by atoms with Gasteiger partial charge in [-0.3, -0.25) is 14.5 Å². The molecule has 1 aromatic carbocycles. The van der Waals surface area contributed by atoms with Crippen molar-refractivity contribution < 1.29 is 19.1 Å². The van der Waals surface area contributed by atoms with E-state index in [0.717, 1.165) is 18.4 Å². The fourth-order valence-electron chi connectivity index (χ4n) is 5.20. The average molecular weight is 530 g/mol. The molecule has 3 rings (SSSR count). The average Bonchev–Trinajstić information content (AvgIpc) is 3.19. The summed E-state index contributed by atoms with van der Waals surface area (Å²) in [4.78, 5) is 43.1. The normalized spacial score (nSPS) is 20.9. The molecule has 9 nitrogen and oxygen atoms in total. The van der Waals surface area contributed by atoms with Gasteiger partial charge in [-0.1, -0.05) is 69.9 Å². The molecule has 2 fully saturated rings. The van der Waals surface area contributed by atoms with Crippen LogP contribution in [-0.2, 0) is 20.9 Å². The maximum absolute atomic E-state index is 13.7. The molecule has 1 heterocycles. The third kappa shape index (κ3) is 8.98. The Morgan fingerprint density at radius 2 is 1.68 bits per heavy atom. The standard InChI is InChI=1S/C29H47N5O4/c1-21(2)26(32-27(35)22(3)30-4)28(36)34-17-16-33(19-24-14-10-7-11-15-24)20-25(34)38-29(37)31-18-23-12-8-5-6-9-13-23/h7,10-11,14-15,21-23,25-26,30H,5-6,8-9,12-13,16-20H2,1-4H3,(H,31,37)(H,32,35)/t22-,25-,26-/m0/s1. The van der Waals surface area contributed by atoms with Crippen LogP contribution in [0.5, 0.6) is 0 Å². The van der Waals surface area contributed by atoms with E-state index < -0.39 is 24.4 Å². The number of nitrogens with zero attached hydrogens (tertiary/aromatic N) is 2. The first-order chi connectivity index (χ1) is 18.3. The predicted octanol–water partition coefficient (Wildman–Crippen LogP) is 3.10. The fourth-order valence-corrected chi connectivity index (χ4v) is 5.20. The number of carbonyl (C=O) groups is 3. The molecule has 3 amide bonds. The first-order valence-corrected chi connectivity index (χ1v) is 14.3. The van der Waals surface area contributed by atoms with Gasteiger partial charge in [-0.05, 0) is 44.2 Å². The maximum atomic E-state index is 13.7. The molecule has 38 heavy (non-hydrogen) atoms. The van der Waals surface area contributed by atoms with Crippen LogP contribution in [0.25, 0.3) is 0 Å². The molecule has 9 heteroatoms. The highest BCUT2D eigenvalue weighted by atomic mass is 16.6. The van der Waals surface area contributed by atoms with E-state index >= 15 is 0 Å².